The van der Waals surface area contributed by atoms with Crippen LogP contribution >= 0.6 is 0 Å². The zero-order valence-corrected chi connectivity index (χ0v) is 17.8. The first-order chi connectivity index (χ1) is 15.1. The van der Waals surface area contributed by atoms with E-state index >= 15 is 4.39 Å². The van der Waals surface area contributed by atoms with E-state index in [9.17, 15) is 19.1 Å². The van der Waals surface area contributed by atoms with Crippen LogP contribution in [0.25, 0.3) is 22.3 Å². The molecule has 0 radical (unpaired) electrons. The Morgan fingerprint density at radius 3 is 2.69 bits per heavy atom. The van der Waals surface area contributed by atoms with Gasteiger partial charge in [-0.3, -0.25) is 4.79 Å². The summed E-state index contributed by atoms with van der Waals surface area (Å²) in [6, 6.07) is 2.08. The van der Waals surface area contributed by atoms with Crippen LogP contribution in [-0.2, 0) is 28.3 Å². The summed E-state index contributed by atoms with van der Waals surface area (Å²) in [5, 5.41) is 11.1. The number of nitrogens with zero attached hydrogens (tertiary/aromatic N) is 2. The van der Waals surface area contributed by atoms with Crippen molar-refractivity contribution in [2.24, 2.45) is 5.73 Å². The van der Waals surface area contributed by atoms with Crippen LogP contribution in [0.4, 0.5) is 8.78 Å². The first-order valence-corrected chi connectivity index (χ1v) is 10.3. The number of aromatic nitrogens is 2. The van der Waals surface area contributed by atoms with Crippen LogP contribution in [0.3, 0.4) is 0 Å². The molecule has 4 heterocycles. The second-order valence-electron chi connectivity index (χ2n) is 8.44. The highest BCUT2D eigenvalue weighted by Gasteiger charge is 2.45. The highest BCUT2D eigenvalue weighted by Crippen LogP contribution is 2.42. The number of ether oxygens (including phenoxy) is 1. The van der Waals surface area contributed by atoms with Crippen molar-refractivity contribution >= 4 is 16.9 Å². The molecule has 5 rings (SSSR count). The molecule has 2 aliphatic rings. The molecule has 0 unspecified atom stereocenters. The molecule has 3 aromatic rings. The van der Waals surface area contributed by atoms with Gasteiger partial charge in [0.25, 0.3) is 5.56 Å². The van der Waals surface area contributed by atoms with E-state index in [0.29, 0.717) is 22.5 Å². The molecule has 0 aliphatic carbocycles. The summed E-state index contributed by atoms with van der Waals surface area (Å²) in [6.07, 6.45) is 0.0144. The predicted octanol–water partition coefficient (Wildman–Crippen LogP) is 2.69. The summed E-state index contributed by atoms with van der Waals surface area (Å²) >= 11 is 0. The highest BCUT2D eigenvalue weighted by molar-refractivity contribution is 5.90. The molecule has 2 atom stereocenters. The molecule has 0 saturated carbocycles. The van der Waals surface area contributed by atoms with Gasteiger partial charge in [0.05, 0.1) is 29.0 Å². The monoisotopic (exact) mass is 441 g/mol. The zero-order chi connectivity index (χ0) is 23.1. The van der Waals surface area contributed by atoms with Crippen LogP contribution in [-0.4, -0.2) is 20.6 Å². The van der Waals surface area contributed by atoms with Gasteiger partial charge in [0.2, 0.25) is 0 Å². The highest BCUT2D eigenvalue weighted by atomic mass is 19.1. The van der Waals surface area contributed by atoms with Gasteiger partial charge in [0.15, 0.2) is 5.60 Å². The minimum Gasteiger partial charge on any atom is -0.458 e. The fourth-order valence-corrected chi connectivity index (χ4v) is 4.80. The summed E-state index contributed by atoms with van der Waals surface area (Å²) in [5.41, 5.74) is 5.84. The maximum atomic E-state index is 15.1. The maximum absolute atomic E-state index is 15.1. The largest absolute Gasteiger partial charge is 0.458 e. The number of aliphatic hydroxyl groups is 1. The minimum absolute atomic E-state index is 0.0144. The lowest BCUT2D eigenvalue weighted by Crippen LogP contribution is -2.44. The molecule has 0 amide bonds. The van der Waals surface area contributed by atoms with Gasteiger partial charge in [-0.1, -0.05) is 6.92 Å². The van der Waals surface area contributed by atoms with E-state index in [1.807, 2.05) is 0 Å². The molecule has 7 nitrogen and oxygen atoms in total. The summed E-state index contributed by atoms with van der Waals surface area (Å²) in [4.78, 5) is 30.1. The molecule has 2 aliphatic heterocycles. The van der Waals surface area contributed by atoms with Crippen molar-refractivity contribution in [2.45, 2.75) is 52.0 Å². The number of esters is 1. The topological polar surface area (TPSA) is 107 Å². The van der Waals surface area contributed by atoms with E-state index in [-0.39, 0.29) is 47.2 Å². The predicted molar refractivity (Wildman–Crippen MR) is 112 cm³/mol. The molecular weight excluding hydrogens is 420 g/mol. The normalized spacial score (nSPS) is 20.0. The standard InChI is InChI=1S/C23H21F2N3O4/c1-4-23(31)13-5-16-20-11(7-28(16)21(29)12(13)8-32-22(23)30)17(10(3)26)18-15(27-20)6-14(24)9(2)19(18)25/h5-6,10,31H,4,7-8,26H2,1-3H3/t10-,23-/m0/s1. The summed E-state index contributed by atoms with van der Waals surface area (Å²) in [7, 11) is 0. The molecule has 32 heavy (non-hydrogen) atoms. The smallest absolute Gasteiger partial charge is 0.343 e. The zero-order valence-electron chi connectivity index (χ0n) is 17.8. The molecular formula is C23H21F2N3O4. The summed E-state index contributed by atoms with van der Waals surface area (Å²) in [5.74, 6) is -2.29. The lowest BCUT2D eigenvalue weighted by atomic mass is 9.86. The first kappa shape index (κ1) is 20.7. The van der Waals surface area contributed by atoms with Gasteiger partial charge in [-0.25, -0.2) is 18.6 Å². The van der Waals surface area contributed by atoms with Gasteiger partial charge in [0.1, 0.15) is 18.2 Å². The van der Waals surface area contributed by atoms with Gasteiger partial charge >= 0.3 is 5.97 Å². The fourth-order valence-electron chi connectivity index (χ4n) is 4.80. The van der Waals surface area contributed by atoms with Crippen molar-refractivity contribution < 1.29 is 23.4 Å². The van der Waals surface area contributed by atoms with Gasteiger partial charge in [0, 0.05) is 34.2 Å². The number of rotatable bonds is 2. The molecule has 9 heteroatoms. The Morgan fingerprint density at radius 2 is 2.03 bits per heavy atom. The lowest BCUT2D eigenvalue weighted by Gasteiger charge is -2.31. The van der Waals surface area contributed by atoms with Crippen LogP contribution in [0.2, 0.25) is 0 Å². The maximum Gasteiger partial charge on any atom is 0.343 e. The van der Waals surface area contributed by atoms with E-state index < -0.39 is 34.8 Å². The van der Waals surface area contributed by atoms with E-state index in [1.54, 1.807) is 19.9 Å². The average molecular weight is 441 g/mol. The number of nitrogens with two attached hydrogens (primary N) is 1. The number of hydrogen-bond donors (Lipinski definition) is 2. The van der Waals surface area contributed by atoms with Gasteiger partial charge in [-0.05, 0) is 31.9 Å². The molecule has 0 fully saturated rings. The van der Waals surface area contributed by atoms with Crippen LogP contribution in [0.5, 0.6) is 0 Å². The molecule has 0 bridgehead atoms. The number of hydrogen-bond acceptors (Lipinski definition) is 6. The SMILES string of the molecule is CC[C@@]1(O)C(=O)OCc2c1cc1n(c2=O)Cc2c-1nc1cc(F)c(C)c(F)c1c2[C@H](C)N. The number of carbonyl (C=O) groups is 1. The van der Waals surface area contributed by atoms with E-state index in [4.69, 9.17) is 10.5 Å². The van der Waals surface area contributed by atoms with Crippen LogP contribution in [0.15, 0.2) is 16.9 Å². The Balaban J connectivity index is 1.88. The quantitative estimate of drug-likeness (QED) is 0.463. The third-order valence-corrected chi connectivity index (χ3v) is 6.60. The van der Waals surface area contributed by atoms with Crippen LogP contribution < -0.4 is 11.3 Å². The number of cyclic esters (lactones) is 1. The third kappa shape index (κ3) is 2.49. The molecule has 3 N–H and O–H groups in total. The van der Waals surface area contributed by atoms with Gasteiger partial charge in [-0.2, -0.15) is 0 Å². The Morgan fingerprint density at radius 1 is 1.31 bits per heavy atom. The number of pyridine rings is 2. The molecule has 1 aromatic carbocycles. The van der Waals surface area contributed by atoms with Crippen LogP contribution in [0, 0.1) is 18.6 Å². The van der Waals surface area contributed by atoms with Crippen molar-refractivity contribution in [1.29, 1.82) is 0 Å². The molecule has 2 aromatic heterocycles. The molecule has 166 valence electrons. The lowest BCUT2D eigenvalue weighted by molar-refractivity contribution is -0.172. The van der Waals surface area contributed by atoms with Crippen LogP contribution in [0.1, 0.15) is 54.1 Å². The number of halogens is 2. The van der Waals surface area contributed by atoms with Gasteiger partial charge in [-0.15, -0.1) is 0 Å². The first-order valence-electron chi connectivity index (χ1n) is 10.3. The second kappa shape index (κ2) is 6.66. The van der Waals surface area contributed by atoms with Crippen molar-refractivity contribution in [3.63, 3.8) is 0 Å². The third-order valence-electron chi connectivity index (χ3n) is 6.60. The molecule has 0 saturated heterocycles. The second-order valence-corrected chi connectivity index (χ2v) is 8.44. The van der Waals surface area contributed by atoms with Crippen molar-refractivity contribution in [2.75, 3.05) is 0 Å². The number of carbonyl (C=O) groups excluding carboxylic acids is 1. The summed E-state index contributed by atoms with van der Waals surface area (Å²) < 4.78 is 35.9. The average Bonchev–Trinajstić information content (AvgIpc) is 3.12. The minimum atomic E-state index is -1.96. The van der Waals surface area contributed by atoms with E-state index in [0.717, 1.165) is 6.07 Å². The van der Waals surface area contributed by atoms with E-state index in [2.05, 4.69) is 4.98 Å². The number of fused-ring (bicyclic) bond motifs is 5. The Bertz CT molecular complexity index is 1410. The van der Waals surface area contributed by atoms with Gasteiger partial charge < -0.3 is 20.1 Å². The Hall–Kier alpha value is -3.17. The molecule has 0 spiro atoms. The number of benzene rings is 1. The van der Waals surface area contributed by atoms with Crippen molar-refractivity contribution in [3.8, 4) is 11.4 Å². The Kier molecular flexibility index (Phi) is 4.31. The van der Waals surface area contributed by atoms with Crippen molar-refractivity contribution in [3.05, 3.63) is 61.9 Å². The Labute approximate surface area is 181 Å². The summed E-state index contributed by atoms with van der Waals surface area (Å²) in [6.45, 7) is 4.49. The van der Waals surface area contributed by atoms with Crippen molar-refractivity contribution in [1.82, 2.24) is 9.55 Å². The van der Waals surface area contributed by atoms with E-state index in [1.165, 1.54) is 11.5 Å². The fraction of sp³-hybridized carbons (Fsp3) is 0.348.